The molecule has 5 heteroatoms. The van der Waals surface area contributed by atoms with Crippen LogP contribution in [0.3, 0.4) is 0 Å². The Labute approximate surface area is 130 Å². The lowest BCUT2D eigenvalue weighted by Gasteiger charge is -2.41. The maximum Gasteiger partial charge on any atom is 0.184 e. The Morgan fingerprint density at radius 3 is 2.67 bits per heavy atom. The van der Waals surface area contributed by atoms with Gasteiger partial charge in [-0.1, -0.05) is 11.8 Å². The Bertz CT molecular complexity index is 495. The molecule has 4 nitrogen and oxygen atoms in total. The van der Waals surface area contributed by atoms with Gasteiger partial charge in [0.1, 0.15) is 5.82 Å². The summed E-state index contributed by atoms with van der Waals surface area (Å²) in [6, 6.07) is 4.55. The largest absolute Gasteiger partial charge is 0.390 e. The van der Waals surface area contributed by atoms with E-state index in [1.54, 1.807) is 18.9 Å². The molecule has 1 N–H and O–H groups in total. The summed E-state index contributed by atoms with van der Waals surface area (Å²) in [6.07, 6.45) is 6.16. The van der Waals surface area contributed by atoms with E-state index in [-0.39, 0.29) is 5.56 Å². The van der Waals surface area contributed by atoms with E-state index in [0.717, 1.165) is 31.5 Å². The fourth-order valence-electron chi connectivity index (χ4n) is 3.50. The molecule has 116 valence electrons. The van der Waals surface area contributed by atoms with Crippen LogP contribution < -0.4 is 4.90 Å². The number of aromatic nitrogens is 1. The van der Waals surface area contributed by atoms with Crippen molar-refractivity contribution < 1.29 is 9.84 Å². The first-order chi connectivity index (χ1) is 10.0. The molecule has 1 aliphatic carbocycles. The number of pyridine rings is 1. The molecule has 0 amide bonds. The third kappa shape index (κ3) is 2.91. The Balaban J connectivity index is 1.75. The first-order valence-corrected chi connectivity index (χ1v) is 8.54. The summed E-state index contributed by atoms with van der Waals surface area (Å²) in [5.74, 6) is 1.45. The number of hydrogen-bond acceptors (Lipinski definition) is 5. The molecule has 1 saturated carbocycles. The van der Waals surface area contributed by atoms with E-state index in [1.807, 2.05) is 26.1 Å². The second kappa shape index (κ2) is 5.78. The van der Waals surface area contributed by atoms with Crippen LogP contribution in [0.4, 0.5) is 5.82 Å². The van der Waals surface area contributed by atoms with Gasteiger partial charge >= 0.3 is 0 Å². The monoisotopic (exact) mass is 308 g/mol. The van der Waals surface area contributed by atoms with Gasteiger partial charge in [0.25, 0.3) is 0 Å². The molecule has 1 aliphatic heterocycles. The zero-order chi connectivity index (χ0) is 15.0. The summed E-state index contributed by atoms with van der Waals surface area (Å²) in [5.41, 5.74) is -0.541. The lowest BCUT2D eigenvalue weighted by Crippen LogP contribution is -2.45. The van der Waals surface area contributed by atoms with Gasteiger partial charge in [-0.15, -0.1) is 0 Å². The Kier molecular flexibility index (Phi) is 4.17. The molecule has 0 aromatic carbocycles. The maximum atomic E-state index is 10.2. The van der Waals surface area contributed by atoms with Crippen molar-refractivity contribution in [1.29, 1.82) is 0 Å². The summed E-state index contributed by atoms with van der Waals surface area (Å²) in [7, 11) is 1.76. The van der Waals surface area contributed by atoms with Gasteiger partial charge in [-0.25, -0.2) is 4.98 Å². The summed E-state index contributed by atoms with van der Waals surface area (Å²) >= 11 is 1.74. The zero-order valence-electron chi connectivity index (χ0n) is 13.0. The Morgan fingerprint density at radius 2 is 2.05 bits per heavy atom. The standard InChI is InChI=1S/C16H24N2O2S/c1-16(2,19)11-6-8-12(9-7-11)18-14-13(5-4-10-17-14)21-15(18)20-3/h4-5,10-12,15,19H,6-9H2,1-3H3. The average molecular weight is 308 g/mol. The van der Waals surface area contributed by atoms with Crippen LogP contribution in [-0.4, -0.2) is 34.4 Å². The molecule has 0 radical (unpaired) electrons. The molecule has 1 atom stereocenters. The van der Waals surface area contributed by atoms with E-state index in [0.29, 0.717) is 12.0 Å². The highest BCUT2D eigenvalue weighted by Crippen LogP contribution is 2.46. The second-order valence-electron chi connectivity index (χ2n) is 6.55. The van der Waals surface area contributed by atoms with E-state index < -0.39 is 5.60 Å². The van der Waals surface area contributed by atoms with Crippen molar-refractivity contribution in [3.05, 3.63) is 18.3 Å². The van der Waals surface area contributed by atoms with Gasteiger partial charge in [-0.2, -0.15) is 0 Å². The van der Waals surface area contributed by atoms with Crippen LogP contribution in [0.25, 0.3) is 0 Å². The van der Waals surface area contributed by atoms with Crippen molar-refractivity contribution in [3.8, 4) is 0 Å². The van der Waals surface area contributed by atoms with Gasteiger partial charge in [-0.3, -0.25) is 0 Å². The molecule has 0 saturated heterocycles. The molecule has 1 aromatic heterocycles. The van der Waals surface area contributed by atoms with Crippen LogP contribution in [0.5, 0.6) is 0 Å². The van der Waals surface area contributed by atoms with Gasteiger partial charge in [-0.05, 0) is 57.6 Å². The number of nitrogens with zero attached hydrogens (tertiary/aromatic N) is 2. The van der Waals surface area contributed by atoms with Crippen molar-refractivity contribution in [2.24, 2.45) is 5.92 Å². The first-order valence-electron chi connectivity index (χ1n) is 7.66. The minimum absolute atomic E-state index is 0.0265. The SMILES string of the molecule is COC1Sc2cccnc2N1C1CCC(C(C)(C)O)CC1. The van der Waals surface area contributed by atoms with E-state index in [2.05, 4.69) is 16.0 Å². The number of thioether (sulfide) groups is 1. The molecule has 1 fully saturated rings. The third-order valence-corrected chi connectivity index (χ3v) is 5.93. The van der Waals surface area contributed by atoms with Gasteiger partial charge < -0.3 is 14.7 Å². The molecular weight excluding hydrogens is 284 g/mol. The molecule has 1 unspecified atom stereocenters. The van der Waals surface area contributed by atoms with Crippen molar-refractivity contribution in [3.63, 3.8) is 0 Å². The van der Waals surface area contributed by atoms with Crippen LogP contribution in [-0.2, 0) is 4.74 Å². The zero-order valence-corrected chi connectivity index (χ0v) is 13.8. The number of methoxy groups -OCH3 is 1. The van der Waals surface area contributed by atoms with Crippen molar-refractivity contribution in [2.45, 2.75) is 61.6 Å². The molecule has 0 spiro atoms. The minimum Gasteiger partial charge on any atom is -0.390 e. The average Bonchev–Trinajstić information content (AvgIpc) is 2.85. The molecule has 2 heterocycles. The Hall–Kier alpha value is -0.780. The number of rotatable bonds is 3. The van der Waals surface area contributed by atoms with Crippen LogP contribution in [0, 0.1) is 5.92 Å². The molecule has 1 aromatic rings. The van der Waals surface area contributed by atoms with Gasteiger partial charge in [0.05, 0.1) is 10.5 Å². The fourth-order valence-corrected chi connectivity index (χ4v) is 4.62. The van der Waals surface area contributed by atoms with Crippen LogP contribution >= 0.6 is 11.8 Å². The highest BCUT2D eigenvalue weighted by Gasteiger charge is 2.40. The maximum absolute atomic E-state index is 10.2. The molecule has 21 heavy (non-hydrogen) atoms. The molecule has 3 rings (SSSR count). The second-order valence-corrected chi connectivity index (χ2v) is 7.63. The van der Waals surface area contributed by atoms with Crippen LogP contribution in [0.1, 0.15) is 39.5 Å². The lowest BCUT2D eigenvalue weighted by atomic mass is 9.77. The topological polar surface area (TPSA) is 45.6 Å². The first kappa shape index (κ1) is 15.1. The third-order valence-electron chi connectivity index (χ3n) is 4.74. The van der Waals surface area contributed by atoms with Crippen molar-refractivity contribution in [1.82, 2.24) is 4.98 Å². The normalized spacial score (nSPS) is 29.5. The number of aliphatic hydroxyl groups is 1. The van der Waals surface area contributed by atoms with Gasteiger partial charge in [0, 0.05) is 19.3 Å². The number of ether oxygens (including phenoxy) is 1. The van der Waals surface area contributed by atoms with Gasteiger partial charge in [0.15, 0.2) is 5.56 Å². The summed E-state index contributed by atoms with van der Waals surface area (Å²) in [5, 5.41) is 10.2. The predicted molar refractivity (Wildman–Crippen MR) is 85.4 cm³/mol. The highest BCUT2D eigenvalue weighted by molar-refractivity contribution is 8.00. The Morgan fingerprint density at radius 1 is 1.33 bits per heavy atom. The van der Waals surface area contributed by atoms with E-state index >= 15 is 0 Å². The lowest BCUT2D eigenvalue weighted by molar-refractivity contribution is -0.00282. The smallest absolute Gasteiger partial charge is 0.184 e. The summed E-state index contributed by atoms with van der Waals surface area (Å²) < 4.78 is 5.65. The minimum atomic E-state index is -0.568. The summed E-state index contributed by atoms with van der Waals surface area (Å²) in [4.78, 5) is 8.09. The predicted octanol–water partition coefficient (Wildman–Crippen LogP) is 3.25. The molecule has 0 bridgehead atoms. The quantitative estimate of drug-likeness (QED) is 0.928. The highest BCUT2D eigenvalue weighted by atomic mass is 32.2. The van der Waals surface area contributed by atoms with Crippen molar-refractivity contribution >= 4 is 17.6 Å². The van der Waals surface area contributed by atoms with Crippen molar-refractivity contribution in [2.75, 3.05) is 12.0 Å². The van der Waals surface area contributed by atoms with E-state index in [4.69, 9.17) is 4.74 Å². The molecule has 2 aliphatic rings. The van der Waals surface area contributed by atoms with E-state index in [1.165, 1.54) is 4.90 Å². The summed E-state index contributed by atoms with van der Waals surface area (Å²) in [6.45, 7) is 3.86. The number of fused-ring (bicyclic) bond motifs is 1. The number of anilines is 1. The van der Waals surface area contributed by atoms with Crippen LogP contribution in [0.2, 0.25) is 0 Å². The molecular formula is C16H24N2O2S. The van der Waals surface area contributed by atoms with Gasteiger partial charge in [0.2, 0.25) is 0 Å². The van der Waals surface area contributed by atoms with E-state index in [9.17, 15) is 5.11 Å². The number of hydrogen-bond donors (Lipinski definition) is 1. The fraction of sp³-hybridized carbons (Fsp3) is 0.688. The van der Waals surface area contributed by atoms with Crippen LogP contribution in [0.15, 0.2) is 23.2 Å².